The summed E-state index contributed by atoms with van der Waals surface area (Å²) in [6, 6.07) is 2.46. The van der Waals surface area contributed by atoms with Crippen LogP contribution in [0.4, 0.5) is 8.78 Å². The van der Waals surface area contributed by atoms with E-state index in [1.165, 1.54) is 0 Å². The Bertz CT molecular complexity index is 548. The summed E-state index contributed by atoms with van der Waals surface area (Å²) in [7, 11) is 0. The second-order valence-electron chi connectivity index (χ2n) is 5.73. The number of hydrogen-bond acceptors (Lipinski definition) is 4. The van der Waals surface area contributed by atoms with E-state index < -0.39 is 41.1 Å². The van der Waals surface area contributed by atoms with Crippen molar-refractivity contribution in [1.82, 2.24) is 0 Å². The fourth-order valence-corrected chi connectivity index (χ4v) is 1.64. The number of carboxylic acid groups (broad SMARTS) is 1. The van der Waals surface area contributed by atoms with Crippen molar-refractivity contribution in [1.29, 1.82) is 0 Å². The molecule has 0 radical (unpaired) electrons. The van der Waals surface area contributed by atoms with Gasteiger partial charge in [-0.25, -0.2) is 18.4 Å². The highest BCUT2D eigenvalue weighted by Crippen LogP contribution is 2.19. The highest BCUT2D eigenvalue weighted by molar-refractivity contribution is 6.04. The van der Waals surface area contributed by atoms with Gasteiger partial charge in [0.1, 0.15) is 17.2 Å². The van der Waals surface area contributed by atoms with Gasteiger partial charge in [0.2, 0.25) is 5.54 Å². The lowest BCUT2D eigenvalue weighted by atomic mass is 9.91. The second kappa shape index (κ2) is 5.77. The number of carbonyl (C=O) groups is 2. The molecule has 1 atom stereocenters. The van der Waals surface area contributed by atoms with Gasteiger partial charge in [0.15, 0.2) is 0 Å². The largest absolute Gasteiger partial charge is 0.479 e. The number of benzene rings is 1. The summed E-state index contributed by atoms with van der Waals surface area (Å²) in [4.78, 5) is 23.3. The zero-order chi connectivity index (χ0) is 16.4. The van der Waals surface area contributed by atoms with Crippen LogP contribution in [0.3, 0.4) is 0 Å². The van der Waals surface area contributed by atoms with E-state index in [4.69, 9.17) is 10.5 Å². The van der Waals surface area contributed by atoms with E-state index in [1.807, 2.05) is 0 Å². The average molecular weight is 301 g/mol. The summed E-state index contributed by atoms with van der Waals surface area (Å²) < 4.78 is 31.2. The molecule has 1 rings (SSSR count). The van der Waals surface area contributed by atoms with Gasteiger partial charge in [-0.1, -0.05) is 0 Å². The molecule has 21 heavy (non-hydrogen) atoms. The average Bonchev–Trinajstić information content (AvgIpc) is 2.24. The molecule has 116 valence electrons. The van der Waals surface area contributed by atoms with Gasteiger partial charge in [0.25, 0.3) is 0 Å². The van der Waals surface area contributed by atoms with Gasteiger partial charge in [0.05, 0.1) is 0 Å². The number of ether oxygens (including phenoxy) is 1. The lowest BCUT2D eigenvalue weighted by Crippen LogP contribution is -2.58. The van der Waals surface area contributed by atoms with Gasteiger partial charge < -0.3 is 15.6 Å². The number of rotatable bonds is 4. The number of carbonyl (C=O) groups excluding carboxylic acids is 1. The van der Waals surface area contributed by atoms with E-state index in [0.29, 0.717) is 6.07 Å². The lowest BCUT2D eigenvalue weighted by molar-refractivity contribution is -0.169. The highest BCUT2D eigenvalue weighted by atomic mass is 19.1. The molecule has 0 aliphatic heterocycles. The quantitative estimate of drug-likeness (QED) is 0.651. The smallest absolute Gasteiger partial charge is 0.338 e. The van der Waals surface area contributed by atoms with Crippen LogP contribution >= 0.6 is 0 Å². The SMILES string of the molecule is CC(C)(C)OC(=O)C(N)(Cc1cc(F)cc(F)c1)C(=O)O. The Kier molecular flexibility index (Phi) is 4.68. The Labute approximate surface area is 120 Å². The number of esters is 1. The summed E-state index contributed by atoms with van der Waals surface area (Å²) >= 11 is 0. The van der Waals surface area contributed by atoms with Gasteiger partial charge >= 0.3 is 11.9 Å². The molecule has 1 aromatic carbocycles. The third-order valence-corrected chi connectivity index (χ3v) is 2.55. The second-order valence-corrected chi connectivity index (χ2v) is 5.73. The molecule has 5 nitrogen and oxygen atoms in total. The first-order valence-corrected chi connectivity index (χ1v) is 6.15. The summed E-state index contributed by atoms with van der Waals surface area (Å²) in [5, 5.41) is 9.19. The zero-order valence-corrected chi connectivity index (χ0v) is 11.9. The monoisotopic (exact) mass is 301 g/mol. The van der Waals surface area contributed by atoms with Crippen LogP contribution in [0.2, 0.25) is 0 Å². The summed E-state index contributed by atoms with van der Waals surface area (Å²) in [6.45, 7) is 4.65. The summed E-state index contributed by atoms with van der Waals surface area (Å²) in [5.41, 5.74) is 2.19. The van der Waals surface area contributed by atoms with Crippen molar-refractivity contribution in [3.63, 3.8) is 0 Å². The van der Waals surface area contributed by atoms with Crippen molar-refractivity contribution in [2.24, 2.45) is 5.73 Å². The molecule has 1 unspecified atom stereocenters. The molecule has 0 aromatic heterocycles. The molecular weight excluding hydrogens is 284 g/mol. The molecule has 0 bridgehead atoms. The van der Waals surface area contributed by atoms with Crippen LogP contribution in [-0.4, -0.2) is 28.2 Å². The Morgan fingerprint density at radius 3 is 2.05 bits per heavy atom. The molecule has 0 fully saturated rings. The predicted octanol–water partition coefficient (Wildman–Crippen LogP) is 1.63. The van der Waals surface area contributed by atoms with E-state index in [-0.39, 0.29) is 5.56 Å². The number of hydrogen-bond donors (Lipinski definition) is 2. The molecular formula is C14H17F2NO4. The van der Waals surface area contributed by atoms with E-state index >= 15 is 0 Å². The van der Waals surface area contributed by atoms with Crippen molar-refractivity contribution < 1.29 is 28.2 Å². The first-order chi connectivity index (χ1) is 9.44. The van der Waals surface area contributed by atoms with E-state index in [0.717, 1.165) is 12.1 Å². The number of halogens is 2. The first-order valence-electron chi connectivity index (χ1n) is 6.15. The first kappa shape index (κ1) is 17.0. The van der Waals surface area contributed by atoms with E-state index in [9.17, 15) is 23.5 Å². The Morgan fingerprint density at radius 2 is 1.67 bits per heavy atom. The van der Waals surface area contributed by atoms with E-state index in [2.05, 4.69) is 0 Å². The fourth-order valence-electron chi connectivity index (χ4n) is 1.64. The zero-order valence-electron chi connectivity index (χ0n) is 11.9. The summed E-state index contributed by atoms with van der Waals surface area (Å²) in [5.74, 6) is -4.59. The van der Waals surface area contributed by atoms with Crippen LogP contribution in [0.25, 0.3) is 0 Å². The third-order valence-electron chi connectivity index (χ3n) is 2.55. The van der Waals surface area contributed by atoms with E-state index in [1.54, 1.807) is 20.8 Å². The minimum Gasteiger partial charge on any atom is -0.479 e. The maximum Gasteiger partial charge on any atom is 0.338 e. The predicted molar refractivity (Wildman–Crippen MR) is 70.5 cm³/mol. The van der Waals surface area contributed by atoms with Gasteiger partial charge in [-0.05, 0) is 38.5 Å². The normalized spacial score (nSPS) is 14.4. The fraction of sp³-hybridized carbons (Fsp3) is 0.429. The van der Waals surface area contributed by atoms with Gasteiger partial charge in [-0.2, -0.15) is 0 Å². The number of carboxylic acids is 1. The highest BCUT2D eigenvalue weighted by Gasteiger charge is 2.45. The summed E-state index contributed by atoms with van der Waals surface area (Å²) in [6.07, 6.45) is -0.591. The van der Waals surface area contributed by atoms with Gasteiger partial charge in [0, 0.05) is 12.5 Å². The van der Waals surface area contributed by atoms with Crippen LogP contribution in [0.5, 0.6) is 0 Å². The Balaban J connectivity index is 3.11. The maximum absolute atomic E-state index is 13.1. The minimum absolute atomic E-state index is 0.0525. The number of nitrogens with two attached hydrogens (primary N) is 1. The van der Waals surface area contributed by atoms with Crippen molar-refractivity contribution in [3.8, 4) is 0 Å². The topological polar surface area (TPSA) is 89.6 Å². The van der Waals surface area contributed by atoms with Crippen LogP contribution in [0.15, 0.2) is 18.2 Å². The van der Waals surface area contributed by atoms with Crippen LogP contribution in [0.1, 0.15) is 26.3 Å². The lowest BCUT2D eigenvalue weighted by Gasteiger charge is -2.28. The molecule has 3 N–H and O–H groups in total. The van der Waals surface area contributed by atoms with Crippen molar-refractivity contribution in [2.45, 2.75) is 38.3 Å². The molecule has 0 aliphatic carbocycles. The maximum atomic E-state index is 13.1. The molecule has 0 aliphatic rings. The molecule has 0 saturated heterocycles. The Morgan fingerprint density at radius 1 is 1.19 bits per heavy atom. The van der Waals surface area contributed by atoms with Crippen LogP contribution in [-0.2, 0) is 20.7 Å². The van der Waals surface area contributed by atoms with Gasteiger partial charge in [-0.15, -0.1) is 0 Å². The third kappa shape index (κ3) is 4.49. The van der Waals surface area contributed by atoms with Gasteiger partial charge in [-0.3, -0.25) is 0 Å². The van der Waals surface area contributed by atoms with Crippen molar-refractivity contribution in [3.05, 3.63) is 35.4 Å². The molecule has 7 heteroatoms. The molecule has 0 heterocycles. The van der Waals surface area contributed by atoms with Crippen LogP contribution in [0, 0.1) is 11.6 Å². The number of aliphatic carboxylic acids is 1. The van der Waals surface area contributed by atoms with Crippen molar-refractivity contribution in [2.75, 3.05) is 0 Å². The molecule has 0 spiro atoms. The molecule has 1 aromatic rings. The Hall–Kier alpha value is -2.02. The van der Waals surface area contributed by atoms with Crippen LogP contribution < -0.4 is 5.73 Å². The van der Waals surface area contributed by atoms with Crippen molar-refractivity contribution >= 4 is 11.9 Å². The standard InChI is InChI=1S/C14H17F2NO4/c1-13(2,3)21-12(20)14(17,11(18)19)7-8-4-9(15)6-10(16)5-8/h4-6H,7,17H2,1-3H3,(H,18,19). The minimum atomic E-state index is -2.42. The molecule has 0 amide bonds. The molecule has 0 saturated carbocycles.